The minimum Gasteiger partial charge on any atom is -0.351 e. The van der Waals surface area contributed by atoms with Gasteiger partial charge in [0.05, 0.1) is 5.25 Å². The molecular weight excluding hydrogens is 376 g/mol. The molecule has 2 aromatic rings. The Balaban J connectivity index is 1.44. The number of nitrogens with zero attached hydrogens (tertiary/aromatic N) is 1. The van der Waals surface area contributed by atoms with Crippen LogP contribution in [0.2, 0.25) is 5.02 Å². The fraction of sp³-hybridized carbons (Fsp3) is 0.409. The van der Waals surface area contributed by atoms with E-state index < -0.39 is 0 Å². The van der Waals surface area contributed by atoms with Gasteiger partial charge in [-0.05, 0) is 68.2 Å². The number of amides is 1. The molecule has 3 nitrogen and oxygen atoms in total. The number of likely N-dealkylation sites (tertiary alicyclic amines) is 1. The number of hydrogen-bond acceptors (Lipinski definition) is 3. The predicted octanol–water partition coefficient (Wildman–Crippen LogP) is 5.12. The van der Waals surface area contributed by atoms with Crippen molar-refractivity contribution in [2.24, 2.45) is 0 Å². The summed E-state index contributed by atoms with van der Waals surface area (Å²) in [5.74, 6) is 0.0485. The van der Waals surface area contributed by atoms with Gasteiger partial charge in [-0.3, -0.25) is 9.69 Å². The second-order valence-electron chi connectivity index (χ2n) is 7.09. The summed E-state index contributed by atoms with van der Waals surface area (Å²) in [6.07, 6.45) is 4.00. The van der Waals surface area contributed by atoms with Gasteiger partial charge in [0.2, 0.25) is 5.91 Å². The first-order valence-corrected chi connectivity index (χ1v) is 10.9. The van der Waals surface area contributed by atoms with Gasteiger partial charge < -0.3 is 5.32 Å². The van der Waals surface area contributed by atoms with Crippen molar-refractivity contribution in [1.82, 2.24) is 10.2 Å². The molecule has 1 atom stereocenters. The van der Waals surface area contributed by atoms with Gasteiger partial charge in [-0.1, -0.05) is 42.3 Å². The fourth-order valence-electron chi connectivity index (χ4n) is 3.24. The molecule has 0 aliphatic carbocycles. The van der Waals surface area contributed by atoms with E-state index in [4.69, 9.17) is 11.6 Å². The highest BCUT2D eigenvalue weighted by Gasteiger charge is 2.14. The molecule has 1 amide bonds. The lowest BCUT2D eigenvalue weighted by Gasteiger charge is -2.26. The molecule has 1 aliphatic rings. The van der Waals surface area contributed by atoms with Crippen molar-refractivity contribution in [3.63, 3.8) is 0 Å². The van der Waals surface area contributed by atoms with E-state index in [1.807, 2.05) is 31.2 Å². The summed E-state index contributed by atoms with van der Waals surface area (Å²) in [7, 11) is 0. The van der Waals surface area contributed by atoms with E-state index in [1.54, 1.807) is 11.8 Å². The van der Waals surface area contributed by atoms with E-state index in [9.17, 15) is 4.79 Å². The molecule has 1 saturated heterocycles. The largest absolute Gasteiger partial charge is 0.351 e. The van der Waals surface area contributed by atoms with Crippen LogP contribution in [0.15, 0.2) is 53.4 Å². The average Bonchev–Trinajstić information content (AvgIpc) is 2.69. The number of benzene rings is 2. The van der Waals surface area contributed by atoms with Crippen molar-refractivity contribution in [3.05, 3.63) is 64.7 Å². The van der Waals surface area contributed by atoms with E-state index in [-0.39, 0.29) is 11.2 Å². The van der Waals surface area contributed by atoms with Crippen molar-refractivity contribution in [3.8, 4) is 0 Å². The number of rotatable bonds is 7. The standard InChI is InChI=1S/C22H27ClN2OS/c1-17(27-21-11-9-20(23)10-12-21)22(26)24-15-18-5-7-19(8-6-18)16-25-13-3-2-4-14-25/h5-12,17H,2-4,13-16H2,1H3,(H,24,26)/t17-/m0/s1. The second kappa shape index (κ2) is 10.2. The van der Waals surface area contributed by atoms with E-state index in [0.717, 1.165) is 17.0 Å². The summed E-state index contributed by atoms with van der Waals surface area (Å²) in [5.41, 5.74) is 2.48. The second-order valence-corrected chi connectivity index (χ2v) is 8.94. The highest BCUT2D eigenvalue weighted by molar-refractivity contribution is 8.00. The van der Waals surface area contributed by atoms with Crippen LogP contribution < -0.4 is 5.32 Å². The van der Waals surface area contributed by atoms with Gasteiger partial charge >= 0.3 is 0 Å². The molecule has 0 saturated carbocycles. The maximum atomic E-state index is 12.4. The first-order chi connectivity index (χ1) is 13.1. The van der Waals surface area contributed by atoms with Crippen LogP contribution in [0.5, 0.6) is 0 Å². The summed E-state index contributed by atoms with van der Waals surface area (Å²) in [6, 6.07) is 16.2. The number of piperidine rings is 1. The van der Waals surface area contributed by atoms with Crippen LogP contribution in [0, 0.1) is 0 Å². The van der Waals surface area contributed by atoms with Gasteiger partial charge in [0, 0.05) is 23.0 Å². The molecule has 1 N–H and O–H groups in total. The summed E-state index contributed by atoms with van der Waals surface area (Å²) < 4.78 is 0. The molecule has 0 spiro atoms. The maximum Gasteiger partial charge on any atom is 0.233 e. The third-order valence-electron chi connectivity index (χ3n) is 4.84. The van der Waals surface area contributed by atoms with Crippen LogP contribution in [-0.4, -0.2) is 29.1 Å². The van der Waals surface area contributed by atoms with Crippen molar-refractivity contribution >= 4 is 29.3 Å². The normalized spacial score (nSPS) is 16.1. The lowest BCUT2D eigenvalue weighted by molar-refractivity contribution is -0.120. The summed E-state index contributed by atoms with van der Waals surface area (Å²) >= 11 is 7.44. The molecule has 0 radical (unpaired) electrons. The summed E-state index contributed by atoms with van der Waals surface area (Å²) in [5, 5.41) is 3.59. The number of carbonyl (C=O) groups excluding carboxylic acids is 1. The zero-order valence-electron chi connectivity index (χ0n) is 15.8. The highest BCUT2D eigenvalue weighted by Crippen LogP contribution is 2.24. The van der Waals surface area contributed by atoms with Crippen LogP contribution in [0.25, 0.3) is 0 Å². The Morgan fingerprint density at radius 1 is 1.04 bits per heavy atom. The van der Waals surface area contributed by atoms with Gasteiger partial charge in [0.25, 0.3) is 0 Å². The molecule has 1 heterocycles. The molecule has 3 rings (SSSR count). The number of thioether (sulfide) groups is 1. The Morgan fingerprint density at radius 3 is 2.33 bits per heavy atom. The Kier molecular flexibility index (Phi) is 7.62. The number of carbonyl (C=O) groups is 1. The van der Waals surface area contributed by atoms with Crippen molar-refractivity contribution in [2.75, 3.05) is 13.1 Å². The minimum absolute atomic E-state index is 0.0485. The Morgan fingerprint density at radius 2 is 1.67 bits per heavy atom. The minimum atomic E-state index is -0.149. The first-order valence-electron chi connectivity index (χ1n) is 9.60. The van der Waals surface area contributed by atoms with Crippen molar-refractivity contribution in [1.29, 1.82) is 0 Å². The zero-order chi connectivity index (χ0) is 19.1. The van der Waals surface area contributed by atoms with Crippen LogP contribution in [0.1, 0.15) is 37.3 Å². The number of hydrogen-bond donors (Lipinski definition) is 1. The van der Waals surface area contributed by atoms with Crippen LogP contribution in [0.3, 0.4) is 0 Å². The SMILES string of the molecule is C[C@H](Sc1ccc(Cl)cc1)C(=O)NCc1ccc(CN2CCCCC2)cc1. The van der Waals surface area contributed by atoms with Gasteiger partial charge in [-0.15, -0.1) is 11.8 Å². The van der Waals surface area contributed by atoms with E-state index in [2.05, 4.69) is 34.5 Å². The first kappa shape index (κ1) is 20.2. The monoisotopic (exact) mass is 402 g/mol. The van der Waals surface area contributed by atoms with Crippen molar-refractivity contribution < 1.29 is 4.79 Å². The zero-order valence-corrected chi connectivity index (χ0v) is 17.4. The smallest absolute Gasteiger partial charge is 0.233 e. The van der Waals surface area contributed by atoms with Gasteiger partial charge in [0.1, 0.15) is 0 Å². The molecule has 144 valence electrons. The van der Waals surface area contributed by atoms with Gasteiger partial charge in [-0.2, -0.15) is 0 Å². The molecule has 1 fully saturated rings. The van der Waals surface area contributed by atoms with E-state index >= 15 is 0 Å². The topological polar surface area (TPSA) is 32.3 Å². The third-order valence-corrected chi connectivity index (χ3v) is 6.20. The van der Waals surface area contributed by atoms with Crippen LogP contribution in [0.4, 0.5) is 0 Å². The summed E-state index contributed by atoms with van der Waals surface area (Å²) in [6.45, 7) is 5.94. The molecule has 27 heavy (non-hydrogen) atoms. The number of halogens is 1. The molecule has 5 heteroatoms. The maximum absolute atomic E-state index is 12.4. The molecule has 0 bridgehead atoms. The van der Waals surface area contributed by atoms with Crippen molar-refractivity contribution in [2.45, 2.75) is 49.4 Å². The molecular formula is C22H27ClN2OS. The molecule has 0 unspecified atom stereocenters. The quantitative estimate of drug-likeness (QED) is 0.652. The molecule has 0 aromatic heterocycles. The Hall–Kier alpha value is -1.49. The predicted molar refractivity (Wildman–Crippen MR) is 114 cm³/mol. The highest BCUT2D eigenvalue weighted by atomic mass is 35.5. The third kappa shape index (κ3) is 6.56. The average molecular weight is 403 g/mol. The van der Waals surface area contributed by atoms with Gasteiger partial charge in [-0.25, -0.2) is 0 Å². The van der Waals surface area contributed by atoms with Gasteiger partial charge in [0.15, 0.2) is 0 Å². The fourth-order valence-corrected chi connectivity index (χ4v) is 4.26. The van der Waals surface area contributed by atoms with Crippen LogP contribution in [-0.2, 0) is 17.9 Å². The number of nitrogens with one attached hydrogen (secondary N) is 1. The Labute approximate surface area is 171 Å². The van der Waals surface area contributed by atoms with E-state index in [0.29, 0.717) is 11.6 Å². The van der Waals surface area contributed by atoms with Crippen LogP contribution >= 0.6 is 23.4 Å². The van der Waals surface area contributed by atoms with E-state index in [1.165, 1.54) is 37.9 Å². The lowest BCUT2D eigenvalue weighted by atomic mass is 10.1. The molecule has 1 aliphatic heterocycles. The lowest BCUT2D eigenvalue weighted by Crippen LogP contribution is -2.30. The summed E-state index contributed by atoms with van der Waals surface area (Å²) in [4.78, 5) is 15.9. The Bertz CT molecular complexity index is 727. The molecule has 2 aromatic carbocycles.